The molecule has 4 atom stereocenters. The number of benzene rings is 4. The molecule has 4 aliphatic rings. The number of likely N-dealkylation sites (tertiary alicyclic amines) is 2. The molecule has 2 N–H and O–H groups in total. The number of carbonyl (C=O) groups is 4. The molecule has 3 amide bonds. The standard InChI is InChI=1S/C59H69B2N9O6S2/c1-61(76)68-36-34-65(35-37-68)28-24-48(71)38-49(44-10-4-2-5-11-44)58(73)69-26-8-14-50(69)56-62-39-52(77-56)45-20-16-42(17-21-45)43-18-22-46(23-19-43)53-40-63-57(78-53)51-15-9-27-70(51)59(74)55(47-12-6-3-7-13-47)64-54(72)25-29-66-30-32-67(33-31-66)41-60-75/h2-7,10-13,16-23,39-40,49-51,55,76H,8-9,14-15,24-38,41H2,1H3,(H,64,72)/t49-,50+,51+,55-/m1/s1. The number of carbonyl (C=O) groups excluding carboxylic acids is 4. The van der Waals surface area contributed by atoms with E-state index in [1.165, 1.54) is 0 Å². The van der Waals surface area contributed by atoms with E-state index >= 15 is 0 Å². The number of Topliss-reactive ketones (excluding diaryl/α,β-unsaturated/α-hetero) is 1. The Morgan fingerprint density at radius 1 is 0.615 bits per heavy atom. The predicted octanol–water partition coefficient (Wildman–Crippen LogP) is 7.66. The normalized spacial score (nSPS) is 19.4. The van der Waals surface area contributed by atoms with Crippen LogP contribution in [-0.4, -0.2) is 167 Å². The summed E-state index contributed by atoms with van der Waals surface area (Å²) in [5, 5.41) is 14.8. The van der Waals surface area contributed by atoms with Crippen LogP contribution in [0, 0.1) is 0 Å². The SMILES string of the molecule is CB(O)N1CCN(CCC(=O)C[C@@H](C(=O)N2CCC[C@H]2c2ncc(-c3ccc(-c4ccc(-c5cnc([C@@H]6CCCN6C(=O)[C@H](NC(=O)CCN6CCN(CB=O)CC6)c6ccccc6)s5)cc4)cc3)s2)c2ccccc2)CC1. The Labute approximate surface area is 467 Å². The molecular formula is C59H69B2N9O6S2. The van der Waals surface area contributed by atoms with E-state index in [9.17, 15) is 28.9 Å². The third-order valence-electron chi connectivity index (χ3n) is 16.1. The van der Waals surface area contributed by atoms with Crippen molar-refractivity contribution < 1.29 is 28.9 Å². The fraction of sp³-hybridized carbons (Fsp3) is 0.424. The average Bonchev–Trinajstić information content (AvgIpc) is 4.37. The second-order valence-corrected chi connectivity index (χ2v) is 23.2. The average molecular weight is 1090 g/mol. The number of nitrogens with one attached hydrogen (secondary N) is 1. The summed E-state index contributed by atoms with van der Waals surface area (Å²) < 4.78 is 10.9. The number of ketones is 1. The molecule has 4 saturated heterocycles. The Kier molecular flexibility index (Phi) is 18.6. The molecule has 0 unspecified atom stereocenters. The number of rotatable bonds is 21. The summed E-state index contributed by atoms with van der Waals surface area (Å²) >= 11 is 3.23. The van der Waals surface area contributed by atoms with Crippen molar-refractivity contribution in [3.05, 3.63) is 143 Å². The van der Waals surface area contributed by atoms with Crippen molar-refractivity contribution in [3.8, 4) is 32.0 Å². The van der Waals surface area contributed by atoms with Crippen molar-refractivity contribution in [1.82, 2.24) is 44.6 Å². The van der Waals surface area contributed by atoms with Gasteiger partial charge in [0, 0.05) is 71.0 Å². The van der Waals surface area contributed by atoms with E-state index in [2.05, 4.69) is 68.5 Å². The molecule has 404 valence electrons. The monoisotopic (exact) mass is 1090 g/mol. The molecule has 0 bridgehead atoms. The van der Waals surface area contributed by atoms with Crippen molar-refractivity contribution >= 4 is 60.4 Å². The first kappa shape index (κ1) is 55.3. The fourth-order valence-electron chi connectivity index (χ4n) is 11.5. The van der Waals surface area contributed by atoms with Crippen LogP contribution in [0.25, 0.3) is 32.0 Å². The van der Waals surface area contributed by atoms with Gasteiger partial charge in [0.05, 0.1) is 27.8 Å². The van der Waals surface area contributed by atoms with Gasteiger partial charge in [-0.3, -0.25) is 9.59 Å². The molecule has 19 heteroatoms. The third-order valence-corrected chi connectivity index (χ3v) is 18.4. The minimum Gasteiger partial charge on any atom is -0.117 e. The second-order valence-electron chi connectivity index (χ2n) is 21.1. The van der Waals surface area contributed by atoms with E-state index in [0.717, 1.165) is 138 Å². The van der Waals surface area contributed by atoms with Crippen molar-refractivity contribution in [1.29, 1.82) is 0 Å². The fourth-order valence-corrected chi connectivity index (χ4v) is 13.6. The topological polar surface area (TPSA) is 163 Å². The van der Waals surface area contributed by atoms with Crippen LogP contribution < -0.4 is 5.32 Å². The Bertz CT molecular complexity index is 2970. The smallest absolute Gasteiger partial charge is 0.117 e. The number of thiazole rings is 2. The van der Waals surface area contributed by atoms with E-state index in [1.807, 2.05) is 87.7 Å². The molecule has 78 heavy (non-hydrogen) atoms. The summed E-state index contributed by atoms with van der Waals surface area (Å²) in [6.07, 6.45) is 8.44. The number of hydrogen-bond donors (Lipinski definition) is 2. The second kappa shape index (κ2) is 26.3. The molecule has 0 radical (unpaired) electrons. The van der Waals surface area contributed by atoms with Crippen LogP contribution in [-0.2, 0) is 23.9 Å². The summed E-state index contributed by atoms with van der Waals surface area (Å²) in [5.41, 5.74) is 5.89. The molecule has 6 heterocycles. The number of amides is 3. The van der Waals surface area contributed by atoms with Gasteiger partial charge in [-0.1, -0.05) is 97.1 Å². The van der Waals surface area contributed by atoms with Gasteiger partial charge < -0.3 is 19.6 Å². The van der Waals surface area contributed by atoms with Crippen LogP contribution in [0.2, 0.25) is 6.82 Å². The molecule has 15 nitrogen and oxygen atoms in total. The van der Waals surface area contributed by atoms with E-state index in [0.29, 0.717) is 39.0 Å². The zero-order chi connectivity index (χ0) is 54.0. The van der Waals surface area contributed by atoms with Gasteiger partial charge in [0.1, 0.15) is 15.8 Å². The Hall–Kier alpha value is -6.05. The van der Waals surface area contributed by atoms with Crippen molar-refractivity contribution in [2.24, 2.45) is 0 Å². The summed E-state index contributed by atoms with van der Waals surface area (Å²) in [6.45, 7) is 10.6. The molecule has 10 rings (SSSR count). The molecule has 0 saturated carbocycles. The number of hydrogen-bond acceptors (Lipinski definition) is 14. The maximum absolute atomic E-state index is 14.5. The van der Waals surface area contributed by atoms with Gasteiger partial charge in [0.2, 0.25) is 5.91 Å². The van der Waals surface area contributed by atoms with Crippen molar-refractivity contribution in [3.63, 3.8) is 0 Å². The molecule has 6 aromatic rings. The minimum absolute atomic E-state index is 0.0136. The van der Waals surface area contributed by atoms with Gasteiger partial charge in [-0.15, -0.1) is 22.7 Å². The molecule has 4 fully saturated rings. The molecule has 0 aliphatic carbocycles. The Morgan fingerprint density at radius 3 is 1.62 bits per heavy atom. The van der Waals surface area contributed by atoms with E-state index in [1.54, 1.807) is 29.5 Å². The first-order chi connectivity index (χ1) is 38.1. The van der Waals surface area contributed by atoms with Gasteiger partial charge in [-0.25, -0.2) is 9.97 Å². The van der Waals surface area contributed by atoms with Gasteiger partial charge in [0.15, 0.2) is 0 Å². The van der Waals surface area contributed by atoms with Crippen LogP contribution in [0.4, 0.5) is 0 Å². The van der Waals surface area contributed by atoms with Gasteiger partial charge in [0.25, 0.3) is 0 Å². The summed E-state index contributed by atoms with van der Waals surface area (Å²) in [4.78, 5) is 80.4. The third kappa shape index (κ3) is 13.5. The van der Waals surface area contributed by atoms with Gasteiger partial charge in [-0.05, 0) is 60.3 Å². The van der Waals surface area contributed by atoms with Crippen molar-refractivity contribution in [2.75, 3.05) is 85.0 Å². The summed E-state index contributed by atoms with van der Waals surface area (Å²) in [7, 11) is 0.465. The van der Waals surface area contributed by atoms with Crippen LogP contribution in [0.3, 0.4) is 0 Å². The molecule has 4 aliphatic heterocycles. The molecule has 0 spiro atoms. The summed E-state index contributed by atoms with van der Waals surface area (Å²) in [6, 6.07) is 35.1. The zero-order valence-corrected chi connectivity index (χ0v) is 46.2. The first-order valence-electron chi connectivity index (χ1n) is 27.8. The first-order valence-corrected chi connectivity index (χ1v) is 29.4. The maximum atomic E-state index is 14.5. The molecular weight excluding hydrogens is 1020 g/mol. The van der Waals surface area contributed by atoms with E-state index < -0.39 is 19.0 Å². The molecule has 2 aromatic heterocycles. The van der Waals surface area contributed by atoms with E-state index in [-0.39, 0.29) is 48.4 Å². The Balaban J connectivity index is 0.748. The number of piperazine rings is 2. The van der Waals surface area contributed by atoms with Crippen LogP contribution in [0.15, 0.2) is 122 Å². The van der Waals surface area contributed by atoms with Crippen LogP contribution >= 0.6 is 22.7 Å². The number of nitrogens with zero attached hydrogens (tertiary/aromatic N) is 8. The number of aromatic nitrogens is 2. The molecule has 4 aromatic carbocycles. The minimum atomic E-state index is -0.805. The Morgan fingerprint density at radius 2 is 1.09 bits per heavy atom. The van der Waals surface area contributed by atoms with Gasteiger partial charge in [-0.2, -0.15) is 0 Å². The quantitative estimate of drug-likeness (QED) is 0.0679. The van der Waals surface area contributed by atoms with Crippen LogP contribution in [0.1, 0.15) is 90.1 Å². The predicted molar refractivity (Wildman–Crippen MR) is 308 cm³/mol. The van der Waals surface area contributed by atoms with Gasteiger partial charge >= 0.3 is 130 Å². The van der Waals surface area contributed by atoms with Crippen molar-refractivity contribution in [2.45, 2.75) is 75.8 Å². The van der Waals surface area contributed by atoms with E-state index in [4.69, 9.17) is 9.97 Å². The zero-order valence-electron chi connectivity index (χ0n) is 44.5. The summed E-state index contributed by atoms with van der Waals surface area (Å²) in [5.74, 6) is -0.772. The van der Waals surface area contributed by atoms with Crippen LogP contribution in [0.5, 0.6) is 0 Å².